The summed E-state index contributed by atoms with van der Waals surface area (Å²) in [6, 6.07) is 19.2. The highest BCUT2D eigenvalue weighted by Crippen LogP contribution is 2.22. The molecule has 0 bridgehead atoms. The lowest BCUT2D eigenvalue weighted by molar-refractivity contribution is 0.0941. The highest BCUT2D eigenvalue weighted by atomic mass is 16.2. The van der Waals surface area contributed by atoms with Gasteiger partial charge in [-0.05, 0) is 67.3 Å². The lowest BCUT2D eigenvalue weighted by atomic mass is 9.89. The quantitative estimate of drug-likeness (QED) is 0.609. The predicted octanol–water partition coefficient (Wildman–Crippen LogP) is 4.40. The van der Waals surface area contributed by atoms with E-state index in [4.69, 9.17) is 0 Å². The number of amides is 2. The number of hydrogen-bond acceptors (Lipinski definition) is 3. The number of nitrogens with one attached hydrogen (secondary N) is 2. The van der Waals surface area contributed by atoms with Crippen LogP contribution in [0.5, 0.6) is 0 Å². The smallest absolute Gasteiger partial charge is 0.267 e. The van der Waals surface area contributed by atoms with Crippen molar-refractivity contribution in [2.45, 2.75) is 32.1 Å². The van der Waals surface area contributed by atoms with Crippen molar-refractivity contribution in [1.29, 1.82) is 0 Å². The average Bonchev–Trinajstić information content (AvgIpc) is 2.84. The Hall–Kier alpha value is -3.67. The molecule has 1 aliphatic carbocycles. The van der Waals surface area contributed by atoms with Crippen molar-refractivity contribution in [3.63, 3.8) is 0 Å². The molecule has 2 aromatic carbocycles. The molecule has 2 amide bonds. The monoisotopic (exact) mass is 429 g/mol. The highest BCUT2D eigenvalue weighted by molar-refractivity contribution is 6.04. The zero-order chi connectivity index (χ0) is 22.3. The van der Waals surface area contributed by atoms with Gasteiger partial charge in [0, 0.05) is 29.7 Å². The maximum Gasteiger partial charge on any atom is 0.267 e. The fourth-order valence-corrected chi connectivity index (χ4v) is 4.09. The Bertz CT molecular complexity index is 1130. The minimum Gasteiger partial charge on any atom is -0.352 e. The topological polar surface area (TPSA) is 80.2 Å². The molecule has 0 spiro atoms. The van der Waals surface area contributed by atoms with E-state index in [0.29, 0.717) is 29.4 Å². The molecule has 3 aromatic rings. The summed E-state index contributed by atoms with van der Waals surface area (Å²) < 4.78 is 1.44. The van der Waals surface area contributed by atoms with Gasteiger partial charge >= 0.3 is 0 Å². The highest BCUT2D eigenvalue weighted by Gasteiger charge is 2.17. The summed E-state index contributed by atoms with van der Waals surface area (Å²) in [7, 11) is 0. The first-order valence-corrected chi connectivity index (χ1v) is 11.1. The first kappa shape index (κ1) is 21.6. The Balaban J connectivity index is 1.45. The van der Waals surface area contributed by atoms with Gasteiger partial charge in [0.25, 0.3) is 17.4 Å². The van der Waals surface area contributed by atoms with Gasteiger partial charge in [0.2, 0.25) is 0 Å². The van der Waals surface area contributed by atoms with Crippen molar-refractivity contribution in [1.82, 2.24) is 9.88 Å². The molecular formula is C26H27N3O3. The third-order valence-electron chi connectivity index (χ3n) is 5.91. The van der Waals surface area contributed by atoms with Crippen LogP contribution in [-0.2, 0) is 0 Å². The van der Waals surface area contributed by atoms with Gasteiger partial charge in [-0.15, -0.1) is 0 Å². The molecule has 1 aromatic heterocycles. The van der Waals surface area contributed by atoms with Crippen molar-refractivity contribution in [3.05, 3.63) is 94.4 Å². The number of aromatic nitrogens is 1. The van der Waals surface area contributed by atoms with Crippen LogP contribution < -0.4 is 16.2 Å². The van der Waals surface area contributed by atoms with Crippen LogP contribution in [0.4, 0.5) is 5.69 Å². The van der Waals surface area contributed by atoms with Crippen molar-refractivity contribution >= 4 is 17.5 Å². The zero-order valence-corrected chi connectivity index (χ0v) is 17.9. The number of pyridine rings is 1. The Morgan fingerprint density at radius 1 is 0.844 bits per heavy atom. The van der Waals surface area contributed by atoms with E-state index >= 15 is 0 Å². The fraction of sp³-hybridized carbons (Fsp3) is 0.269. The molecule has 6 nitrogen and oxygen atoms in total. The molecule has 6 heteroatoms. The number of rotatable bonds is 6. The SMILES string of the molecule is O=C(Nc1ccc(-n2cccc(C(=O)NCC3CCCCC3)c2=O)cc1)c1ccccc1. The summed E-state index contributed by atoms with van der Waals surface area (Å²) in [6.45, 7) is 0.614. The molecule has 1 heterocycles. The van der Waals surface area contributed by atoms with Gasteiger partial charge in [-0.3, -0.25) is 19.0 Å². The van der Waals surface area contributed by atoms with Crippen LogP contribution >= 0.6 is 0 Å². The summed E-state index contributed by atoms with van der Waals surface area (Å²) in [4.78, 5) is 37.9. The van der Waals surface area contributed by atoms with Gasteiger partial charge in [-0.1, -0.05) is 37.5 Å². The van der Waals surface area contributed by atoms with Crippen LogP contribution in [0.25, 0.3) is 5.69 Å². The van der Waals surface area contributed by atoms with Crippen LogP contribution in [0.2, 0.25) is 0 Å². The third-order valence-corrected chi connectivity index (χ3v) is 5.91. The second kappa shape index (κ2) is 10.1. The minimum atomic E-state index is -0.366. The molecule has 164 valence electrons. The van der Waals surface area contributed by atoms with E-state index in [2.05, 4.69) is 10.6 Å². The Kier molecular flexibility index (Phi) is 6.80. The second-order valence-electron chi connectivity index (χ2n) is 8.18. The number of carbonyl (C=O) groups excluding carboxylic acids is 2. The molecular weight excluding hydrogens is 402 g/mol. The Labute approximate surface area is 187 Å². The Morgan fingerprint density at radius 2 is 1.56 bits per heavy atom. The Morgan fingerprint density at radius 3 is 2.28 bits per heavy atom. The van der Waals surface area contributed by atoms with E-state index in [9.17, 15) is 14.4 Å². The lowest BCUT2D eigenvalue weighted by Gasteiger charge is -2.21. The molecule has 1 saturated carbocycles. The second-order valence-corrected chi connectivity index (χ2v) is 8.18. The van der Waals surface area contributed by atoms with E-state index in [0.717, 1.165) is 12.8 Å². The van der Waals surface area contributed by atoms with E-state index in [1.165, 1.54) is 23.8 Å². The largest absolute Gasteiger partial charge is 0.352 e. The molecule has 1 aliphatic rings. The molecule has 0 saturated heterocycles. The van der Waals surface area contributed by atoms with Gasteiger partial charge < -0.3 is 10.6 Å². The number of carbonyl (C=O) groups is 2. The summed E-state index contributed by atoms with van der Waals surface area (Å²) in [5.41, 5.74) is 1.57. The first-order valence-electron chi connectivity index (χ1n) is 11.1. The molecule has 4 rings (SSSR count). The number of anilines is 1. The summed E-state index contributed by atoms with van der Waals surface area (Å²) >= 11 is 0. The normalized spacial score (nSPS) is 14.0. The average molecular weight is 430 g/mol. The van der Waals surface area contributed by atoms with E-state index < -0.39 is 0 Å². The van der Waals surface area contributed by atoms with E-state index in [1.807, 2.05) is 18.2 Å². The number of benzene rings is 2. The summed E-state index contributed by atoms with van der Waals surface area (Å²) in [5.74, 6) is -0.0360. The van der Waals surface area contributed by atoms with Crippen LogP contribution in [0.15, 0.2) is 77.7 Å². The van der Waals surface area contributed by atoms with Crippen LogP contribution in [0, 0.1) is 5.92 Å². The number of nitrogens with zero attached hydrogens (tertiary/aromatic N) is 1. The van der Waals surface area contributed by atoms with Crippen LogP contribution in [-0.4, -0.2) is 22.9 Å². The van der Waals surface area contributed by atoms with Crippen LogP contribution in [0.3, 0.4) is 0 Å². The standard InChI is InChI=1S/C26H27N3O3/c30-24(20-10-5-2-6-11-20)28-21-13-15-22(16-14-21)29-17-7-12-23(26(29)32)25(31)27-18-19-8-3-1-4-9-19/h2,5-7,10-17,19H,1,3-4,8-9,18H2,(H,27,31)(H,28,30). The molecule has 0 atom stereocenters. The predicted molar refractivity (Wildman–Crippen MR) is 125 cm³/mol. The molecule has 0 aliphatic heterocycles. The molecule has 2 N–H and O–H groups in total. The molecule has 0 unspecified atom stereocenters. The maximum atomic E-state index is 12.9. The van der Waals surface area contributed by atoms with Crippen molar-refractivity contribution in [2.24, 2.45) is 5.92 Å². The van der Waals surface area contributed by atoms with Gasteiger partial charge in [0.05, 0.1) is 0 Å². The van der Waals surface area contributed by atoms with Gasteiger partial charge in [0.15, 0.2) is 0 Å². The summed E-state index contributed by atoms with van der Waals surface area (Å²) in [5, 5.41) is 5.77. The van der Waals surface area contributed by atoms with Crippen LogP contribution in [0.1, 0.15) is 52.8 Å². The molecule has 32 heavy (non-hydrogen) atoms. The molecule has 0 radical (unpaired) electrons. The van der Waals surface area contributed by atoms with Gasteiger partial charge in [0.1, 0.15) is 5.56 Å². The molecule has 1 fully saturated rings. The summed E-state index contributed by atoms with van der Waals surface area (Å²) in [6.07, 6.45) is 7.58. The third kappa shape index (κ3) is 5.14. The first-order chi connectivity index (χ1) is 15.6. The lowest BCUT2D eigenvalue weighted by Crippen LogP contribution is -2.35. The zero-order valence-electron chi connectivity index (χ0n) is 17.9. The van der Waals surface area contributed by atoms with Crippen molar-refractivity contribution in [3.8, 4) is 5.69 Å². The van der Waals surface area contributed by atoms with Crippen molar-refractivity contribution in [2.75, 3.05) is 11.9 Å². The minimum absolute atomic E-state index is 0.129. The fourth-order valence-electron chi connectivity index (χ4n) is 4.09. The van der Waals surface area contributed by atoms with Gasteiger partial charge in [-0.2, -0.15) is 0 Å². The maximum absolute atomic E-state index is 12.9. The van der Waals surface area contributed by atoms with E-state index in [-0.39, 0.29) is 22.9 Å². The van der Waals surface area contributed by atoms with E-state index in [1.54, 1.807) is 54.7 Å². The number of hydrogen-bond donors (Lipinski definition) is 2. The van der Waals surface area contributed by atoms with Gasteiger partial charge in [-0.25, -0.2) is 0 Å². The van der Waals surface area contributed by atoms with Crippen molar-refractivity contribution < 1.29 is 9.59 Å².